The molecule has 2 aromatic carbocycles. The molecule has 0 aliphatic heterocycles. The monoisotopic (exact) mass is 346 g/mol. The van der Waals surface area contributed by atoms with Crippen molar-refractivity contribution in [3.63, 3.8) is 0 Å². The lowest BCUT2D eigenvalue weighted by atomic mass is 9.84. The van der Waals surface area contributed by atoms with Crippen LogP contribution in [-0.4, -0.2) is 14.2 Å². The standard InChI is InChI=1S/C24H26O2/c1-15-11-17-5-7-19(25-3)13-23(17)21(15)9-10-22-16(2)12-18-6-8-20(26-4)14-24(18)22/h5-8,11-14,21-22H,9-10H2,1-4H3. The van der Waals surface area contributed by atoms with E-state index in [9.17, 15) is 0 Å². The molecule has 0 heterocycles. The minimum Gasteiger partial charge on any atom is -0.497 e. The second-order valence-electron chi connectivity index (χ2n) is 7.45. The van der Waals surface area contributed by atoms with E-state index >= 15 is 0 Å². The molecule has 0 saturated heterocycles. The third kappa shape index (κ3) is 2.84. The van der Waals surface area contributed by atoms with E-state index in [-0.39, 0.29) is 0 Å². The normalized spacial score (nSPS) is 20.3. The highest BCUT2D eigenvalue weighted by atomic mass is 16.5. The third-order valence-electron chi connectivity index (χ3n) is 5.95. The Bertz CT molecular complexity index is 829. The molecule has 0 fully saturated rings. The number of ether oxygens (including phenoxy) is 2. The number of fused-ring (bicyclic) bond motifs is 2. The Labute approximate surface area is 156 Å². The van der Waals surface area contributed by atoms with Gasteiger partial charge in [0.15, 0.2) is 0 Å². The van der Waals surface area contributed by atoms with E-state index in [0.29, 0.717) is 11.8 Å². The van der Waals surface area contributed by atoms with Crippen LogP contribution in [0.1, 0.15) is 60.8 Å². The van der Waals surface area contributed by atoms with E-state index in [4.69, 9.17) is 9.47 Å². The van der Waals surface area contributed by atoms with E-state index in [0.717, 1.165) is 24.3 Å². The van der Waals surface area contributed by atoms with Crippen LogP contribution in [0, 0.1) is 0 Å². The van der Waals surface area contributed by atoms with Crippen molar-refractivity contribution in [2.75, 3.05) is 14.2 Å². The molecule has 26 heavy (non-hydrogen) atoms. The smallest absolute Gasteiger partial charge is 0.119 e. The molecule has 2 aliphatic rings. The summed E-state index contributed by atoms with van der Waals surface area (Å²) in [6, 6.07) is 12.9. The van der Waals surface area contributed by atoms with Crippen LogP contribution in [0.3, 0.4) is 0 Å². The fraction of sp³-hybridized carbons (Fsp3) is 0.333. The molecule has 2 nitrogen and oxygen atoms in total. The maximum atomic E-state index is 5.44. The first-order valence-electron chi connectivity index (χ1n) is 9.33. The second-order valence-corrected chi connectivity index (χ2v) is 7.45. The van der Waals surface area contributed by atoms with Crippen molar-refractivity contribution in [1.82, 2.24) is 0 Å². The largest absolute Gasteiger partial charge is 0.497 e. The zero-order chi connectivity index (χ0) is 18.3. The quantitative estimate of drug-likeness (QED) is 0.643. The van der Waals surface area contributed by atoms with Crippen LogP contribution in [0.2, 0.25) is 0 Å². The van der Waals surface area contributed by atoms with Crippen LogP contribution in [-0.2, 0) is 0 Å². The molecule has 4 rings (SSSR count). The van der Waals surface area contributed by atoms with Gasteiger partial charge in [-0.3, -0.25) is 0 Å². The van der Waals surface area contributed by atoms with Crippen LogP contribution >= 0.6 is 0 Å². The number of methoxy groups -OCH3 is 2. The molecule has 0 amide bonds. The van der Waals surface area contributed by atoms with Gasteiger partial charge in [-0.05, 0) is 73.2 Å². The van der Waals surface area contributed by atoms with Gasteiger partial charge in [0.05, 0.1) is 14.2 Å². The van der Waals surface area contributed by atoms with Gasteiger partial charge in [0.2, 0.25) is 0 Å². The zero-order valence-corrected chi connectivity index (χ0v) is 16.0. The number of hydrogen-bond donors (Lipinski definition) is 0. The maximum Gasteiger partial charge on any atom is 0.119 e. The second kappa shape index (κ2) is 6.68. The first-order chi connectivity index (χ1) is 12.6. The van der Waals surface area contributed by atoms with Gasteiger partial charge in [0.25, 0.3) is 0 Å². The summed E-state index contributed by atoms with van der Waals surface area (Å²) in [5.74, 6) is 2.87. The van der Waals surface area contributed by atoms with Crippen molar-refractivity contribution >= 4 is 12.2 Å². The summed E-state index contributed by atoms with van der Waals surface area (Å²) in [4.78, 5) is 0. The van der Waals surface area contributed by atoms with Gasteiger partial charge in [0.1, 0.15) is 11.5 Å². The molecule has 2 unspecified atom stereocenters. The summed E-state index contributed by atoms with van der Waals surface area (Å²) in [5, 5.41) is 0. The summed E-state index contributed by atoms with van der Waals surface area (Å²) in [6.07, 6.45) is 6.95. The van der Waals surface area contributed by atoms with Gasteiger partial charge >= 0.3 is 0 Å². The lowest BCUT2D eigenvalue weighted by molar-refractivity contribution is 0.413. The Kier molecular flexibility index (Phi) is 4.36. The predicted molar refractivity (Wildman–Crippen MR) is 108 cm³/mol. The minimum atomic E-state index is 0.488. The van der Waals surface area contributed by atoms with Crippen molar-refractivity contribution in [3.05, 3.63) is 69.8 Å². The highest BCUT2D eigenvalue weighted by Crippen LogP contribution is 2.45. The van der Waals surface area contributed by atoms with Crippen LogP contribution in [0.4, 0.5) is 0 Å². The molecule has 0 radical (unpaired) electrons. The van der Waals surface area contributed by atoms with Crippen LogP contribution in [0.25, 0.3) is 12.2 Å². The average molecular weight is 346 g/mol. The average Bonchev–Trinajstić information content (AvgIpc) is 3.14. The molecule has 2 heteroatoms. The van der Waals surface area contributed by atoms with Gasteiger partial charge < -0.3 is 9.47 Å². The van der Waals surface area contributed by atoms with E-state index in [1.165, 1.54) is 33.4 Å². The molecule has 0 spiro atoms. The van der Waals surface area contributed by atoms with Crippen LogP contribution < -0.4 is 9.47 Å². The van der Waals surface area contributed by atoms with Crippen molar-refractivity contribution in [3.8, 4) is 11.5 Å². The number of benzene rings is 2. The summed E-state index contributed by atoms with van der Waals surface area (Å²) < 4.78 is 10.9. The first-order valence-corrected chi connectivity index (χ1v) is 9.33. The lowest BCUT2D eigenvalue weighted by Crippen LogP contribution is -2.04. The van der Waals surface area contributed by atoms with Gasteiger partial charge in [-0.25, -0.2) is 0 Å². The van der Waals surface area contributed by atoms with Crippen molar-refractivity contribution in [1.29, 1.82) is 0 Å². The highest BCUT2D eigenvalue weighted by molar-refractivity contribution is 5.68. The molecular weight excluding hydrogens is 320 g/mol. The molecule has 134 valence electrons. The van der Waals surface area contributed by atoms with Gasteiger partial charge in [-0.15, -0.1) is 0 Å². The summed E-state index contributed by atoms with van der Waals surface area (Å²) in [7, 11) is 3.48. The number of allylic oxidation sites excluding steroid dienone is 2. The Hall–Kier alpha value is -2.48. The van der Waals surface area contributed by atoms with Gasteiger partial charge in [-0.2, -0.15) is 0 Å². The van der Waals surface area contributed by atoms with Crippen LogP contribution in [0.15, 0.2) is 47.5 Å². The maximum absolute atomic E-state index is 5.44. The molecular formula is C24H26O2. The zero-order valence-electron chi connectivity index (χ0n) is 16.0. The molecule has 0 bridgehead atoms. The lowest BCUT2D eigenvalue weighted by Gasteiger charge is -2.20. The molecule has 0 N–H and O–H groups in total. The van der Waals surface area contributed by atoms with E-state index < -0.39 is 0 Å². The van der Waals surface area contributed by atoms with Crippen LogP contribution in [0.5, 0.6) is 11.5 Å². The fourth-order valence-electron chi connectivity index (χ4n) is 4.51. The summed E-state index contributed by atoms with van der Waals surface area (Å²) in [5.41, 5.74) is 8.42. The number of hydrogen-bond acceptors (Lipinski definition) is 2. The van der Waals surface area contributed by atoms with Crippen molar-refractivity contribution in [2.24, 2.45) is 0 Å². The molecule has 0 aromatic heterocycles. The molecule has 0 saturated carbocycles. The Morgan fingerprint density at radius 2 is 1.12 bits per heavy atom. The Balaban J connectivity index is 1.56. The number of rotatable bonds is 5. The fourth-order valence-corrected chi connectivity index (χ4v) is 4.51. The van der Waals surface area contributed by atoms with Gasteiger partial charge in [0, 0.05) is 11.8 Å². The predicted octanol–water partition coefficient (Wildman–Crippen LogP) is 6.19. The van der Waals surface area contributed by atoms with Crippen molar-refractivity contribution < 1.29 is 9.47 Å². The molecule has 2 atom stereocenters. The SMILES string of the molecule is COc1ccc2c(c1)C(CCC1C(C)=Cc3ccc(OC)cc31)C(C)=C2. The third-order valence-corrected chi connectivity index (χ3v) is 5.95. The minimum absolute atomic E-state index is 0.488. The van der Waals surface area contributed by atoms with E-state index in [1.807, 2.05) is 0 Å². The van der Waals surface area contributed by atoms with E-state index in [2.05, 4.69) is 62.4 Å². The molecule has 2 aliphatic carbocycles. The Morgan fingerprint density at radius 3 is 1.50 bits per heavy atom. The first kappa shape index (κ1) is 17.0. The Morgan fingerprint density at radius 1 is 0.692 bits per heavy atom. The highest BCUT2D eigenvalue weighted by Gasteiger charge is 2.27. The summed E-state index contributed by atoms with van der Waals surface area (Å²) in [6.45, 7) is 4.51. The van der Waals surface area contributed by atoms with Crippen molar-refractivity contribution in [2.45, 2.75) is 38.5 Å². The van der Waals surface area contributed by atoms with E-state index in [1.54, 1.807) is 14.2 Å². The summed E-state index contributed by atoms with van der Waals surface area (Å²) >= 11 is 0. The molecule has 2 aromatic rings. The topological polar surface area (TPSA) is 18.5 Å². The van der Waals surface area contributed by atoms with Gasteiger partial charge in [-0.1, -0.05) is 35.4 Å².